The van der Waals surface area contributed by atoms with Crippen LogP contribution in [-0.2, 0) is 57.9 Å². The van der Waals surface area contributed by atoms with Crippen LogP contribution in [0.3, 0.4) is 0 Å². The Balaban J connectivity index is 1.62. The van der Waals surface area contributed by atoms with Crippen LogP contribution in [-0.4, -0.2) is 57.8 Å². The summed E-state index contributed by atoms with van der Waals surface area (Å²) < 4.78 is 55.0. The van der Waals surface area contributed by atoms with Crippen LogP contribution in [0.5, 0.6) is 0 Å². The number of carbonyl (C=O) groups is 1. The van der Waals surface area contributed by atoms with Gasteiger partial charge in [0, 0.05) is 6.92 Å². The van der Waals surface area contributed by atoms with E-state index in [2.05, 4.69) is 5.32 Å². The van der Waals surface area contributed by atoms with E-state index in [1.807, 2.05) is 91.0 Å². The predicted molar refractivity (Wildman–Crippen MR) is 148 cm³/mol. The second kappa shape index (κ2) is 14.5. The van der Waals surface area contributed by atoms with Gasteiger partial charge in [0.2, 0.25) is 5.91 Å². The van der Waals surface area contributed by atoms with Crippen molar-refractivity contribution in [2.75, 3.05) is 12.9 Å². The molecule has 9 nitrogen and oxygen atoms in total. The molecule has 0 aliphatic carbocycles. The van der Waals surface area contributed by atoms with Crippen LogP contribution in [0.1, 0.15) is 23.6 Å². The average Bonchev–Trinajstić information content (AvgIpc) is 2.94. The molecule has 40 heavy (non-hydrogen) atoms. The summed E-state index contributed by atoms with van der Waals surface area (Å²) in [5, 5.41) is 2.84. The molecule has 1 amide bonds. The first-order valence-electron chi connectivity index (χ1n) is 13.0. The van der Waals surface area contributed by atoms with Gasteiger partial charge < -0.3 is 24.3 Å². The fraction of sp³-hybridized carbons (Fsp3) is 0.367. The van der Waals surface area contributed by atoms with Crippen LogP contribution < -0.4 is 5.32 Å². The third-order valence-electron chi connectivity index (χ3n) is 6.24. The van der Waals surface area contributed by atoms with Gasteiger partial charge >= 0.3 is 0 Å². The van der Waals surface area contributed by atoms with Gasteiger partial charge in [0.1, 0.15) is 24.4 Å². The zero-order valence-electron chi connectivity index (χ0n) is 22.5. The standard InChI is InChI=1S/C30H35NO8S/c1-22(32)31-27-29(36-19-24-14-8-4-9-15-24)28(39-40(2,33)34)26(21-35-18-23-12-6-3-7-13-23)38-30(27)37-20-25-16-10-5-11-17-25/h3-17,26-30H,18-21H2,1-2H3,(H,31,32)/t26-,27+,28-,29-,30+/m1/s1. The van der Waals surface area contributed by atoms with Gasteiger partial charge in [-0.05, 0) is 16.7 Å². The fourth-order valence-corrected chi connectivity index (χ4v) is 5.11. The molecule has 1 heterocycles. The van der Waals surface area contributed by atoms with Crippen LogP contribution in [0, 0.1) is 0 Å². The first kappa shape index (κ1) is 29.9. The highest BCUT2D eigenvalue weighted by atomic mass is 32.2. The molecule has 1 saturated heterocycles. The molecule has 0 unspecified atom stereocenters. The molecule has 10 heteroatoms. The van der Waals surface area contributed by atoms with Crippen molar-refractivity contribution in [1.82, 2.24) is 5.32 Å². The maximum atomic E-state index is 12.4. The lowest BCUT2D eigenvalue weighted by molar-refractivity contribution is -0.279. The highest BCUT2D eigenvalue weighted by Crippen LogP contribution is 2.30. The highest BCUT2D eigenvalue weighted by Gasteiger charge is 2.50. The molecule has 4 rings (SSSR count). The molecule has 1 aliphatic rings. The number of ether oxygens (including phenoxy) is 4. The summed E-state index contributed by atoms with van der Waals surface area (Å²) in [6.45, 7) is 1.99. The Bertz CT molecular complexity index is 1290. The van der Waals surface area contributed by atoms with E-state index in [0.717, 1.165) is 22.9 Å². The van der Waals surface area contributed by atoms with Crippen molar-refractivity contribution < 1.29 is 36.3 Å². The minimum Gasteiger partial charge on any atom is -0.374 e. The van der Waals surface area contributed by atoms with Crippen molar-refractivity contribution in [3.63, 3.8) is 0 Å². The van der Waals surface area contributed by atoms with Crippen molar-refractivity contribution >= 4 is 16.0 Å². The number of carbonyl (C=O) groups excluding carboxylic acids is 1. The summed E-state index contributed by atoms with van der Waals surface area (Å²) in [6.07, 6.45) is -2.96. The topological polar surface area (TPSA) is 109 Å². The van der Waals surface area contributed by atoms with E-state index >= 15 is 0 Å². The number of amides is 1. The van der Waals surface area contributed by atoms with E-state index in [4.69, 9.17) is 23.1 Å². The SMILES string of the molecule is CC(=O)N[C@@H]1[C@@H](OCc2ccccc2)O[C@H](COCc2ccccc2)[C@@H](OS(C)(=O)=O)[C@@H]1OCc1ccccc1. The van der Waals surface area contributed by atoms with Gasteiger partial charge in [-0.25, -0.2) is 0 Å². The minimum absolute atomic E-state index is 0.00172. The van der Waals surface area contributed by atoms with Gasteiger partial charge in [-0.1, -0.05) is 91.0 Å². The summed E-state index contributed by atoms with van der Waals surface area (Å²) in [7, 11) is -3.94. The quantitative estimate of drug-likeness (QED) is 0.311. The van der Waals surface area contributed by atoms with E-state index in [0.29, 0.717) is 0 Å². The Hall–Kier alpha value is -3.12. The van der Waals surface area contributed by atoms with E-state index in [1.165, 1.54) is 6.92 Å². The molecule has 5 atom stereocenters. The molecule has 0 aromatic heterocycles. The molecular weight excluding hydrogens is 534 g/mol. The van der Waals surface area contributed by atoms with Gasteiger partial charge in [0.15, 0.2) is 6.29 Å². The van der Waals surface area contributed by atoms with Crippen LogP contribution in [0.4, 0.5) is 0 Å². The van der Waals surface area contributed by atoms with E-state index in [9.17, 15) is 13.2 Å². The summed E-state index contributed by atoms with van der Waals surface area (Å²) in [5.74, 6) is -0.355. The summed E-state index contributed by atoms with van der Waals surface area (Å²) in [4.78, 5) is 12.3. The van der Waals surface area contributed by atoms with Crippen molar-refractivity contribution in [2.24, 2.45) is 0 Å². The molecule has 0 bridgehead atoms. The lowest BCUT2D eigenvalue weighted by Gasteiger charge is -2.45. The summed E-state index contributed by atoms with van der Waals surface area (Å²) in [6, 6.07) is 27.7. The number of hydrogen-bond acceptors (Lipinski definition) is 8. The second-order valence-corrected chi connectivity index (χ2v) is 11.2. The third kappa shape index (κ3) is 9.22. The molecule has 1 aliphatic heterocycles. The molecule has 0 radical (unpaired) electrons. The third-order valence-corrected chi connectivity index (χ3v) is 6.81. The number of benzene rings is 3. The predicted octanol–water partition coefficient (Wildman–Crippen LogP) is 3.58. The van der Waals surface area contributed by atoms with Gasteiger partial charge in [-0.2, -0.15) is 8.42 Å². The summed E-state index contributed by atoms with van der Waals surface area (Å²) in [5.41, 5.74) is 2.72. The Morgan fingerprint density at radius 2 is 1.27 bits per heavy atom. The van der Waals surface area contributed by atoms with Crippen LogP contribution in [0.25, 0.3) is 0 Å². The molecule has 1 N–H and O–H groups in total. The fourth-order valence-electron chi connectivity index (χ4n) is 4.47. The number of nitrogens with one attached hydrogen (secondary N) is 1. The van der Waals surface area contributed by atoms with E-state index in [-0.39, 0.29) is 32.3 Å². The smallest absolute Gasteiger partial charge is 0.264 e. The van der Waals surface area contributed by atoms with Crippen molar-refractivity contribution in [1.29, 1.82) is 0 Å². The van der Waals surface area contributed by atoms with Crippen LogP contribution in [0.15, 0.2) is 91.0 Å². The molecule has 1 fully saturated rings. The second-order valence-electron chi connectivity index (χ2n) is 9.59. The van der Waals surface area contributed by atoms with E-state index < -0.39 is 40.8 Å². The number of hydrogen-bond donors (Lipinski definition) is 1. The van der Waals surface area contributed by atoms with Gasteiger partial charge in [-0.3, -0.25) is 8.98 Å². The highest BCUT2D eigenvalue weighted by molar-refractivity contribution is 7.86. The maximum absolute atomic E-state index is 12.4. The minimum atomic E-state index is -3.94. The molecule has 0 spiro atoms. The molecule has 0 saturated carbocycles. The van der Waals surface area contributed by atoms with Gasteiger partial charge in [0.25, 0.3) is 10.1 Å². The lowest BCUT2D eigenvalue weighted by Crippen LogP contribution is -2.66. The molecule has 214 valence electrons. The van der Waals surface area contributed by atoms with Crippen molar-refractivity contribution in [3.8, 4) is 0 Å². The van der Waals surface area contributed by atoms with Crippen molar-refractivity contribution in [3.05, 3.63) is 108 Å². The van der Waals surface area contributed by atoms with Crippen LogP contribution in [0.2, 0.25) is 0 Å². The zero-order valence-corrected chi connectivity index (χ0v) is 23.4. The van der Waals surface area contributed by atoms with E-state index in [1.54, 1.807) is 0 Å². The summed E-state index contributed by atoms with van der Waals surface area (Å²) >= 11 is 0. The lowest BCUT2D eigenvalue weighted by atomic mass is 9.96. The van der Waals surface area contributed by atoms with Gasteiger partial charge in [0.05, 0.1) is 32.7 Å². The Kier molecular flexibility index (Phi) is 10.8. The monoisotopic (exact) mass is 569 g/mol. The largest absolute Gasteiger partial charge is 0.374 e. The molecule has 3 aromatic rings. The zero-order chi connectivity index (χ0) is 28.4. The molecule has 3 aromatic carbocycles. The Labute approximate surface area is 235 Å². The molecular formula is C30H35NO8S. The first-order valence-corrected chi connectivity index (χ1v) is 14.8. The maximum Gasteiger partial charge on any atom is 0.264 e. The average molecular weight is 570 g/mol. The van der Waals surface area contributed by atoms with Gasteiger partial charge in [-0.15, -0.1) is 0 Å². The first-order chi connectivity index (χ1) is 19.3. The number of rotatable bonds is 13. The Morgan fingerprint density at radius 1 is 0.775 bits per heavy atom. The Morgan fingerprint density at radius 3 is 1.77 bits per heavy atom. The normalized spacial score (nSPS) is 23.0. The van der Waals surface area contributed by atoms with Crippen molar-refractivity contribution in [2.45, 2.75) is 57.4 Å². The van der Waals surface area contributed by atoms with Crippen LogP contribution >= 0.6 is 0 Å².